The summed E-state index contributed by atoms with van der Waals surface area (Å²) >= 11 is 0. The number of amides is 1. The molecule has 3 heterocycles. The number of piperidine rings is 1. The number of methoxy groups -OCH3 is 1. The molecule has 1 aliphatic heterocycles. The Hall–Kier alpha value is -3.09. The molecule has 4 rings (SSSR count). The first-order valence-corrected chi connectivity index (χ1v) is 12.7. The molecule has 182 valence electrons. The lowest BCUT2D eigenvalue weighted by atomic mass is 10.2. The second-order valence-corrected chi connectivity index (χ2v) is 9.93. The summed E-state index contributed by atoms with van der Waals surface area (Å²) in [6.45, 7) is 3.01. The van der Waals surface area contributed by atoms with E-state index in [1.165, 1.54) is 22.8 Å². The molecular weight excluding hydrogens is 458 g/mol. The van der Waals surface area contributed by atoms with E-state index in [0.717, 1.165) is 24.6 Å². The highest BCUT2D eigenvalue weighted by Gasteiger charge is 2.25. The number of nitrogens with one attached hydrogen (secondary N) is 2. The number of carbonyl (C=O) groups excluding carboxylic acids is 1. The van der Waals surface area contributed by atoms with Crippen LogP contribution in [-0.4, -0.2) is 78.3 Å². The molecule has 34 heavy (non-hydrogen) atoms. The summed E-state index contributed by atoms with van der Waals surface area (Å²) < 4.78 is 33.8. The molecule has 0 spiro atoms. The normalized spacial score (nSPS) is 14.9. The van der Waals surface area contributed by atoms with Gasteiger partial charge >= 0.3 is 0 Å². The molecule has 0 saturated carbocycles. The summed E-state index contributed by atoms with van der Waals surface area (Å²) in [6, 6.07) is 6.07. The lowest BCUT2D eigenvalue weighted by molar-refractivity contribution is 0.0952. The molecule has 0 bridgehead atoms. The predicted octanol–water partition coefficient (Wildman–Crippen LogP) is 1.49. The van der Waals surface area contributed by atoms with Crippen molar-refractivity contribution in [1.82, 2.24) is 29.4 Å². The van der Waals surface area contributed by atoms with Gasteiger partial charge in [-0.2, -0.15) is 9.40 Å². The van der Waals surface area contributed by atoms with Gasteiger partial charge in [0.2, 0.25) is 10.0 Å². The van der Waals surface area contributed by atoms with Crippen molar-refractivity contribution in [1.29, 1.82) is 0 Å². The lowest BCUT2D eigenvalue weighted by Gasteiger charge is -2.25. The minimum Gasteiger partial charge on any atom is -0.383 e. The van der Waals surface area contributed by atoms with Crippen LogP contribution in [0.3, 0.4) is 0 Å². The molecule has 0 radical (unpaired) electrons. The zero-order valence-corrected chi connectivity index (χ0v) is 19.9. The first-order chi connectivity index (χ1) is 16.5. The SMILES string of the molecule is COCCNc1ncnc2c1cnn2CCNC(=O)c1ccc(S(=O)(=O)N2CCCCC2)cc1. The predicted molar refractivity (Wildman–Crippen MR) is 127 cm³/mol. The van der Waals surface area contributed by atoms with E-state index >= 15 is 0 Å². The van der Waals surface area contributed by atoms with E-state index in [0.29, 0.717) is 56.4 Å². The van der Waals surface area contributed by atoms with E-state index in [9.17, 15) is 13.2 Å². The number of aromatic nitrogens is 4. The van der Waals surface area contributed by atoms with Gasteiger partial charge in [-0.25, -0.2) is 23.1 Å². The molecule has 2 N–H and O–H groups in total. The van der Waals surface area contributed by atoms with Crippen LogP contribution in [0.15, 0.2) is 41.7 Å². The second kappa shape index (κ2) is 10.9. The minimum absolute atomic E-state index is 0.212. The van der Waals surface area contributed by atoms with E-state index in [4.69, 9.17) is 4.74 Å². The molecule has 1 saturated heterocycles. The summed E-state index contributed by atoms with van der Waals surface area (Å²) in [4.78, 5) is 21.3. The average molecular weight is 488 g/mol. The zero-order chi connectivity index (χ0) is 24.0. The Morgan fingerprint density at radius 1 is 1.09 bits per heavy atom. The zero-order valence-electron chi connectivity index (χ0n) is 19.1. The third-order valence-corrected chi connectivity index (χ3v) is 7.62. The van der Waals surface area contributed by atoms with Crippen molar-refractivity contribution in [3.8, 4) is 0 Å². The fraction of sp³-hybridized carbons (Fsp3) is 0.455. The average Bonchev–Trinajstić information content (AvgIpc) is 3.28. The lowest BCUT2D eigenvalue weighted by Crippen LogP contribution is -2.35. The number of nitrogens with zero attached hydrogens (tertiary/aromatic N) is 5. The number of carbonyl (C=O) groups is 1. The van der Waals surface area contributed by atoms with Crippen LogP contribution in [-0.2, 0) is 21.3 Å². The van der Waals surface area contributed by atoms with Gasteiger partial charge < -0.3 is 15.4 Å². The molecule has 0 unspecified atom stereocenters. The minimum atomic E-state index is -3.52. The van der Waals surface area contributed by atoms with Gasteiger partial charge in [0.05, 0.1) is 29.6 Å². The first-order valence-electron chi connectivity index (χ1n) is 11.3. The van der Waals surface area contributed by atoms with Crippen LogP contribution >= 0.6 is 0 Å². The molecule has 3 aromatic rings. The van der Waals surface area contributed by atoms with Gasteiger partial charge in [-0.1, -0.05) is 6.42 Å². The number of anilines is 1. The number of sulfonamides is 1. The molecule has 1 aliphatic rings. The Morgan fingerprint density at radius 3 is 2.59 bits per heavy atom. The van der Waals surface area contributed by atoms with Gasteiger partial charge in [-0.05, 0) is 37.1 Å². The Bertz CT molecular complexity index is 1220. The van der Waals surface area contributed by atoms with Crippen molar-refractivity contribution in [2.24, 2.45) is 0 Å². The third-order valence-electron chi connectivity index (χ3n) is 5.71. The van der Waals surface area contributed by atoms with Gasteiger partial charge in [0, 0.05) is 38.9 Å². The van der Waals surface area contributed by atoms with Gasteiger partial charge in [0.15, 0.2) is 5.65 Å². The number of ether oxygens (including phenoxy) is 1. The van der Waals surface area contributed by atoms with Crippen LogP contribution in [0.25, 0.3) is 11.0 Å². The van der Waals surface area contributed by atoms with Crippen LogP contribution in [0.2, 0.25) is 0 Å². The summed E-state index contributed by atoms with van der Waals surface area (Å²) in [5.74, 6) is 0.395. The highest BCUT2D eigenvalue weighted by atomic mass is 32.2. The number of fused-ring (bicyclic) bond motifs is 1. The van der Waals surface area contributed by atoms with Crippen molar-refractivity contribution >= 4 is 32.8 Å². The van der Waals surface area contributed by atoms with Crippen LogP contribution in [0.5, 0.6) is 0 Å². The Morgan fingerprint density at radius 2 is 1.85 bits per heavy atom. The number of hydrogen-bond acceptors (Lipinski definition) is 8. The Balaban J connectivity index is 1.34. The molecule has 11 nitrogen and oxygen atoms in total. The van der Waals surface area contributed by atoms with E-state index < -0.39 is 10.0 Å². The van der Waals surface area contributed by atoms with Gasteiger partial charge in [-0.15, -0.1) is 0 Å². The maximum absolute atomic E-state index is 12.8. The van der Waals surface area contributed by atoms with Crippen LogP contribution in [0, 0.1) is 0 Å². The third kappa shape index (κ3) is 5.34. The van der Waals surface area contributed by atoms with E-state index in [1.807, 2.05) is 0 Å². The first kappa shape index (κ1) is 24.0. The second-order valence-electron chi connectivity index (χ2n) is 7.99. The Kier molecular flexibility index (Phi) is 7.70. The molecule has 0 atom stereocenters. The summed E-state index contributed by atoms with van der Waals surface area (Å²) in [7, 11) is -1.88. The van der Waals surface area contributed by atoms with Crippen LogP contribution in [0.1, 0.15) is 29.6 Å². The highest BCUT2D eigenvalue weighted by Crippen LogP contribution is 2.21. The van der Waals surface area contributed by atoms with Crippen LogP contribution in [0.4, 0.5) is 5.82 Å². The molecular formula is C22H29N7O4S. The fourth-order valence-electron chi connectivity index (χ4n) is 3.88. The van der Waals surface area contributed by atoms with Crippen LogP contribution < -0.4 is 10.6 Å². The summed E-state index contributed by atoms with van der Waals surface area (Å²) in [5, 5.41) is 11.2. The largest absolute Gasteiger partial charge is 0.383 e. The quantitative estimate of drug-likeness (QED) is 0.411. The Labute approximate surface area is 198 Å². The topological polar surface area (TPSA) is 131 Å². The molecule has 1 fully saturated rings. The molecule has 1 aromatic carbocycles. The van der Waals surface area contributed by atoms with E-state index in [1.54, 1.807) is 30.1 Å². The molecule has 2 aromatic heterocycles. The summed E-state index contributed by atoms with van der Waals surface area (Å²) in [6.07, 6.45) is 5.96. The van der Waals surface area contributed by atoms with E-state index in [2.05, 4.69) is 25.7 Å². The van der Waals surface area contributed by atoms with Crippen molar-refractivity contribution in [3.63, 3.8) is 0 Å². The maximum atomic E-state index is 12.8. The molecule has 0 aliphatic carbocycles. The van der Waals surface area contributed by atoms with Crippen molar-refractivity contribution in [2.75, 3.05) is 45.2 Å². The highest BCUT2D eigenvalue weighted by molar-refractivity contribution is 7.89. The summed E-state index contributed by atoms with van der Waals surface area (Å²) in [5.41, 5.74) is 1.06. The standard InChI is InChI=1S/C22H29N7O4S/c1-33-14-10-23-20-19-15-27-29(21(19)26-16-25-20)13-9-24-22(30)17-5-7-18(8-6-17)34(31,32)28-11-3-2-4-12-28/h5-8,15-16H,2-4,9-14H2,1H3,(H,24,30)(H,23,25,26). The van der Waals surface area contributed by atoms with Crippen molar-refractivity contribution < 1.29 is 17.9 Å². The number of rotatable bonds is 10. The maximum Gasteiger partial charge on any atom is 0.251 e. The van der Waals surface area contributed by atoms with Crippen molar-refractivity contribution in [3.05, 3.63) is 42.4 Å². The molecule has 1 amide bonds. The fourth-order valence-corrected chi connectivity index (χ4v) is 5.40. The monoisotopic (exact) mass is 487 g/mol. The van der Waals surface area contributed by atoms with Gasteiger partial charge in [0.25, 0.3) is 5.91 Å². The number of benzene rings is 1. The van der Waals surface area contributed by atoms with Crippen molar-refractivity contribution in [2.45, 2.75) is 30.7 Å². The van der Waals surface area contributed by atoms with Gasteiger partial charge in [0.1, 0.15) is 12.1 Å². The smallest absolute Gasteiger partial charge is 0.251 e. The van der Waals surface area contributed by atoms with Gasteiger partial charge in [-0.3, -0.25) is 4.79 Å². The van der Waals surface area contributed by atoms with E-state index in [-0.39, 0.29) is 10.8 Å². The molecule has 12 heteroatoms. The number of hydrogen-bond donors (Lipinski definition) is 2.